The van der Waals surface area contributed by atoms with E-state index in [1.54, 1.807) is 20.2 Å². The molecule has 27 heavy (non-hydrogen) atoms. The quantitative estimate of drug-likeness (QED) is 0.597. The number of carbonyl (C=O) groups is 1. The van der Waals surface area contributed by atoms with Crippen molar-refractivity contribution in [3.05, 3.63) is 46.6 Å². The van der Waals surface area contributed by atoms with Gasteiger partial charge in [-0.25, -0.2) is 13.8 Å². The summed E-state index contributed by atoms with van der Waals surface area (Å²) in [5.41, 5.74) is 0.00364. The second kappa shape index (κ2) is 8.10. The largest absolute Gasteiger partial charge is 0.487 e. The van der Waals surface area contributed by atoms with Gasteiger partial charge in [-0.1, -0.05) is 23.4 Å². The number of halogens is 3. The molecule has 2 heterocycles. The third kappa shape index (κ3) is 4.48. The van der Waals surface area contributed by atoms with Crippen LogP contribution in [0.3, 0.4) is 0 Å². The predicted molar refractivity (Wildman–Crippen MR) is 101 cm³/mol. The van der Waals surface area contributed by atoms with E-state index in [9.17, 15) is 13.6 Å². The zero-order chi connectivity index (χ0) is 19.6. The Morgan fingerprint density at radius 3 is 3.00 bits per heavy atom. The lowest BCUT2D eigenvalue weighted by molar-refractivity contribution is 0.0993. The highest BCUT2D eigenvalue weighted by atomic mass is 35.5. The summed E-state index contributed by atoms with van der Waals surface area (Å²) in [6, 6.07) is 3.84. The number of amides is 1. The molecule has 0 radical (unpaired) electrons. The number of anilines is 1. The van der Waals surface area contributed by atoms with E-state index in [4.69, 9.17) is 16.3 Å². The maximum atomic E-state index is 14.6. The molecule has 0 saturated heterocycles. The molecule has 0 spiro atoms. The van der Waals surface area contributed by atoms with Crippen LogP contribution in [0.2, 0.25) is 5.02 Å². The lowest BCUT2D eigenvalue weighted by Gasteiger charge is -2.14. The molecule has 1 N–H and O–H groups in total. The Morgan fingerprint density at radius 2 is 2.26 bits per heavy atom. The summed E-state index contributed by atoms with van der Waals surface area (Å²) in [5, 5.41) is 4.16. The van der Waals surface area contributed by atoms with E-state index in [-0.39, 0.29) is 17.7 Å². The highest BCUT2D eigenvalue weighted by molar-refractivity contribution is 8.00. The number of nitrogens with zero attached hydrogens (tertiary/aromatic N) is 3. The van der Waals surface area contributed by atoms with Gasteiger partial charge in [0.15, 0.2) is 11.6 Å². The monoisotopic (exact) mass is 412 g/mol. The van der Waals surface area contributed by atoms with Crippen LogP contribution in [0.1, 0.15) is 10.4 Å². The molecule has 0 saturated carbocycles. The van der Waals surface area contributed by atoms with Gasteiger partial charge in [-0.3, -0.25) is 4.79 Å². The van der Waals surface area contributed by atoms with Gasteiger partial charge in [0.05, 0.1) is 17.0 Å². The van der Waals surface area contributed by atoms with Crippen molar-refractivity contribution < 1.29 is 18.3 Å². The van der Waals surface area contributed by atoms with Gasteiger partial charge in [0.25, 0.3) is 5.91 Å². The normalized spacial score (nSPS) is 15.5. The number of pyridine rings is 1. The first-order valence-electron chi connectivity index (χ1n) is 7.79. The van der Waals surface area contributed by atoms with Gasteiger partial charge in [0.2, 0.25) is 0 Å². The van der Waals surface area contributed by atoms with E-state index >= 15 is 0 Å². The van der Waals surface area contributed by atoms with Gasteiger partial charge >= 0.3 is 0 Å². The molecule has 1 aromatic heterocycles. The minimum atomic E-state index is -1.09. The second-order valence-corrected chi connectivity index (χ2v) is 7.44. The number of ether oxygens (including phenoxy) is 1. The van der Waals surface area contributed by atoms with Crippen LogP contribution in [0.15, 0.2) is 34.4 Å². The number of carbonyl (C=O) groups excluding carboxylic acids is 1. The summed E-state index contributed by atoms with van der Waals surface area (Å²) in [5.74, 6) is -3.34. The number of nitrogens with one attached hydrogen (secondary N) is 1. The standard InChI is InChI=1S/C17H15ClF2N4O2S/c1-24(2)8-22-16(25)14-10(19)3-4-12(15(14)20)26-7-13-23-11-5-9(18)6-21-17(11)27-13/h3-6,8,13,23H,7H2,1-2H3. The molecule has 10 heteroatoms. The number of aliphatic imine (C=N–C) groups is 1. The topological polar surface area (TPSA) is 66.8 Å². The minimum Gasteiger partial charge on any atom is -0.487 e. The fourth-order valence-electron chi connectivity index (χ4n) is 2.28. The zero-order valence-corrected chi connectivity index (χ0v) is 15.9. The van der Waals surface area contributed by atoms with Crippen LogP contribution in [-0.2, 0) is 0 Å². The molecule has 1 aromatic carbocycles. The van der Waals surface area contributed by atoms with Crippen molar-refractivity contribution in [3.63, 3.8) is 0 Å². The first-order chi connectivity index (χ1) is 12.8. The van der Waals surface area contributed by atoms with Crippen LogP contribution in [-0.4, -0.2) is 48.2 Å². The third-order valence-electron chi connectivity index (χ3n) is 3.45. The maximum Gasteiger partial charge on any atom is 0.284 e. The molecular formula is C17H15ClF2N4O2S. The molecule has 0 bridgehead atoms. The Morgan fingerprint density at radius 1 is 1.48 bits per heavy atom. The Hall–Kier alpha value is -2.39. The van der Waals surface area contributed by atoms with Crippen molar-refractivity contribution in [2.24, 2.45) is 4.99 Å². The second-order valence-electron chi connectivity index (χ2n) is 5.82. The van der Waals surface area contributed by atoms with Crippen molar-refractivity contribution in [1.29, 1.82) is 0 Å². The molecule has 1 atom stereocenters. The number of rotatable bonds is 5. The summed E-state index contributed by atoms with van der Waals surface area (Å²) in [6.07, 6.45) is 2.70. The van der Waals surface area contributed by atoms with E-state index in [1.807, 2.05) is 0 Å². The van der Waals surface area contributed by atoms with Crippen LogP contribution in [0.5, 0.6) is 5.75 Å². The number of hydrogen-bond acceptors (Lipinski definition) is 5. The number of benzene rings is 1. The molecule has 1 aliphatic heterocycles. The predicted octanol–water partition coefficient (Wildman–Crippen LogP) is 3.67. The summed E-state index contributed by atoms with van der Waals surface area (Å²) >= 11 is 7.29. The van der Waals surface area contributed by atoms with Gasteiger partial charge in [0, 0.05) is 20.3 Å². The average molecular weight is 413 g/mol. The fraction of sp³-hybridized carbons (Fsp3) is 0.235. The first kappa shape index (κ1) is 19.4. The van der Waals surface area contributed by atoms with Gasteiger partial charge in [-0.05, 0) is 18.2 Å². The van der Waals surface area contributed by atoms with Crippen molar-refractivity contribution >= 4 is 41.3 Å². The van der Waals surface area contributed by atoms with E-state index < -0.39 is 23.1 Å². The molecule has 1 aliphatic rings. The Kier molecular flexibility index (Phi) is 5.81. The van der Waals surface area contributed by atoms with E-state index in [2.05, 4.69) is 15.3 Å². The fourth-order valence-corrected chi connectivity index (χ4v) is 3.38. The van der Waals surface area contributed by atoms with Crippen molar-refractivity contribution in [2.45, 2.75) is 10.4 Å². The lowest BCUT2D eigenvalue weighted by Crippen LogP contribution is -2.20. The Labute approximate surface area is 163 Å². The van der Waals surface area contributed by atoms with Gasteiger partial charge < -0.3 is 15.0 Å². The Bertz CT molecular complexity index is 911. The van der Waals surface area contributed by atoms with E-state index in [1.165, 1.54) is 29.2 Å². The lowest BCUT2D eigenvalue weighted by atomic mass is 10.1. The van der Waals surface area contributed by atoms with Gasteiger partial charge in [-0.2, -0.15) is 4.99 Å². The molecule has 1 amide bonds. The minimum absolute atomic E-state index is 0.0653. The molecule has 2 aromatic rings. The van der Waals surface area contributed by atoms with E-state index in [0.717, 1.165) is 22.8 Å². The zero-order valence-electron chi connectivity index (χ0n) is 14.4. The Balaban J connectivity index is 1.71. The summed E-state index contributed by atoms with van der Waals surface area (Å²) in [7, 11) is 3.27. The molecule has 3 rings (SSSR count). The molecule has 0 aliphatic carbocycles. The van der Waals surface area contributed by atoms with Crippen molar-refractivity contribution in [2.75, 3.05) is 26.0 Å². The van der Waals surface area contributed by atoms with Crippen molar-refractivity contribution in [3.8, 4) is 5.75 Å². The third-order valence-corrected chi connectivity index (χ3v) is 4.75. The number of thioether (sulfide) groups is 1. The van der Waals surface area contributed by atoms with Crippen LogP contribution in [0, 0.1) is 11.6 Å². The molecular weight excluding hydrogens is 398 g/mol. The van der Waals surface area contributed by atoms with E-state index in [0.29, 0.717) is 5.02 Å². The average Bonchev–Trinajstić information content (AvgIpc) is 3.01. The number of fused-ring (bicyclic) bond motifs is 1. The highest BCUT2D eigenvalue weighted by Gasteiger charge is 2.25. The summed E-state index contributed by atoms with van der Waals surface area (Å²) < 4.78 is 33.9. The smallest absolute Gasteiger partial charge is 0.284 e. The molecule has 0 fully saturated rings. The summed E-state index contributed by atoms with van der Waals surface area (Å²) in [6.45, 7) is 0.0653. The SMILES string of the molecule is CN(C)C=NC(=O)c1c(F)ccc(OCC2Nc3cc(Cl)cnc3S2)c1F. The number of hydrogen-bond donors (Lipinski definition) is 1. The summed E-state index contributed by atoms with van der Waals surface area (Å²) in [4.78, 5) is 21.2. The van der Waals surface area contributed by atoms with Crippen LogP contribution in [0.4, 0.5) is 14.5 Å². The van der Waals surface area contributed by atoms with Crippen LogP contribution in [0.25, 0.3) is 0 Å². The van der Waals surface area contributed by atoms with Gasteiger partial charge in [0.1, 0.15) is 28.4 Å². The number of aromatic nitrogens is 1. The van der Waals surface area contributed by atoms with Gasteiger partial charge in [-0.15, -0.1) is 0 Å². The first-order valence-corrected chi connectivity index (χ1v) is 9.05. The highest BCUT2D eigenvalue weighted by Crippen LogP contribution is 2.38. The van der Waals surface area contributed by atoms with Crippen LogP contribution >= 0.6 is 23.4 Å². The molecule has 6 nitrogen and oxygen atoms in total. The maximum absolute atomic E-state index is 14.6. The molecule has 142 valence electrons. The van der Waals surface area contributed by atoms with Crippen molar-refractivity contribution in [1.82, 2.24) is 9.88 Å². The molecule has 1 unspecified atom stereocenters. The van der Waals surface area contributed by atoms with Crippen LogP contribution < -0.4 is 10.1 Å².